The number of alkyl halides is 3. The molecule has 0 bridgehead atoms. The van der Waals surface area contributed by atoms with Crippen LogP contribution in [-0.2, 0) is 26.4 Å². The fraction of sp³-hybridized carbons (Fsp3) is 0.333. The van der Waals surface area contributed by atoms with E-state index in [9.17, 15) is 35.3 Å². The Hall–Kier alpha value is -2.32. The molecule has 0 radical (unpaired) electrons. The van der Waals surface area contributed by atoms with Crippen molar-refractivity contribution in [3.63, 3.8) is 0 Å². The largest absolute Gasteiger partial charge is 0.421 e. The maximum absolute atomic E-state index is 13.7. The van der Waals surface area contributed by atoms with Gasteiger partial charge in [-0.3, -0.25) is 4.21 Å². The van der Waals surface area contributed by atoms with Crippen LogP contribution in [0.15, 0.2) is 75.1 Å². The molecule has 0 spiro atoms. The van der Waals surface area contributed by atoms with E-state index in [0.717, 1.165) is 29.5 Å². The van der Waals surface area contributed by atoms with E-state index >= 15 is 0 Å². The molecule has 1 aliphatic rings. The number of hydrogen-bond donors (Lipinski definition) is 1. The molecule has 0 amide bonds. The van der Waals surface area contributed by atoms with Crippen molar-refractivity contribution in [3.8, 4) is 0 Å². The standard InChI is InChI=1S/C24H24F4N2O4S3/c1-23(31,24(26,27)28)17-7-9-19(10-8-17)30-12-11-29(37(33,34)22-6-3-13-35-22)15-20(30)16-36(32)21-5-2-4-18(25)14-21/h2-10,13-14,20,31H,11-12,15-16H2,1H3/t20-,23+,36-/m1/s1. The topological polar surface area (TPSA) is 77.9 Å². The van der Waals surface area contributed by atoms with Crippen molar-refractivity contribution in [2.24, 2.45) is 0 Å². The molecular weight excluding hydrogens is 552 g/mol. The van der Waals surface area contributed by atoms with Gasteiger partial charge in [0.1, 0.15) is 10.0 Å². The number of benzene rings is 2. The molecule has 0 aliphatic carbocycles. The van der Waals surface area contributed by atoms with Gasteiger partial charge in [0.05, 0.1) is 16.8 Å². The first-order valence-corrected chi connectivity index (χ1v) is 14.8. The van der Waals surface area contributed by atoms with Crippen LogP contribution in [0, 0.1) is 5.82 Å². The van der Waals surface area contributed by atoms with Gasteiger partial charge < -0.3 is 10.0 Å². The lowest BCUT2D eigenvalue weighted by Crippen LogP contribution is -2.56. The van der Waals surface area contributed by atoms with Gasteiger partial charge >= 0.3 is 6.18 Å². The molecule has 37 heavy (non-hydrogen) atoms. The molecule has 13 heteroatoms. The van der Waals surface area contributed by atoms with Crippen LogP contribution in [0.3, 0.4) is 0 Å². The second kappa shape index (κ2) is 10.4. The van der Waals surface area contributed by atoms with Crippen molar-refractivity contribution < 1.29 is 35.3 Å². The average molecular weight is 577 g/mol. The molecule has 6 nitrogen and oxygen atoms in total. The predicted molar refractivity (Wildman–Crippen MR) is 134 cm³/mol. The summed E-state index contributed by atoms with van der Waals surface area (Å²) in [6.45, 7) is 0.931. The summed E-state index contributed by atoms with van der Waals surface area (Å²) in [5.74, 6) is -0.595. The van der Waals surface area contributed by atoms with Gasteiger partial charge in [-0.05, 0) is 54.3 Å². The maximum atomic E-state index is 13.7. The Labute approximate surface area is 218 Å². The molecule has 1 aliphatic heterocycles. The van der Waals surface area contributed by atoms with E-state index in [1.807, 2.05) is 0 Å². The molecule has 3 aromatic rings. The lowest BCUT2D eigenvalue weighted by molar-refractivity contribution is -0.258. The SMILES string of the molecule is C[C@](O)(c1ccc(N2CCN(S(=O)(=O)c3cccs3)C[C@@H]2C[S@@](=O)c2cccc(F)c2)cc1)C(F)(F)F. The second-order valence-corrected chi connectivity index (χ2v) is 13.3. The van der Waals surface area contributed by atoms with Crippen LogP contribution in [0.1, 0.15) is 12.5 Å². The molecule has 1 N–H and O–H groups in total. The highest BCUT2D eigenvalue weighted by Crippen LogP contribution is 2.39. The minimum absolute atomic E-state index is 0.0245. The Morgan fingerprint density at radius 3 is 2.38 bits per heavy atom. The summed E-state index contributed by atoms with van der Waals surface area (Å²) in [6, 6.07) is 13.0. The highest BCUT2D eigenvalue weighted by molar-refractivity contribution is 7.91. The minimum Gasteiger partial charge on any atom is -0.376 e. The zero-order chi connectivity index (χ0) is 27.0. The van der Waals surface area contributed by atoms with Crippen molar-refractivity contribution in [3.05, 3.63) is 77.4 Å². The van der Waals surface area contributed by atoms with E-state index in [2.05, 4.69) is 0 Å². The van der Waals surface area contributed by atoms with Crippen LogP contribution in [0.2, 0.25) is 0 Å². The molecule has 0 saturated carbocycles. The lowest BCUT2D eigenvalue weighted by Gasteiger charge is -2.42. The smallest absolute Gasteiger partial charge is 0.376 e. The van der Waals surface area contributed by atoms with Crippen molar-refractivity contribution in [1.29, 1.82) is 0 Å². The fourth-order valence-electron chi connectivity index (χ4n) is 4.09. The van der Waals surface area contributed by atoms with Gasteiger partial charge in [-0.1, -0.05) is 24.3 Å². The third-order valence-electron chi connectivity index (χ3n) is 6.25. The van der Waals surface area contributed by atoms with Crippen LogP contribution in [0.25, 0.3) is 0 Å². The van der Waals surface area contributed by atoms with Crippen LogP contribution in [-0.4, -0.2) is 59.6 Å². The van der Waals surface area contributed by atoms with Crippen LogP contribution >= 0.6 is 11.3 Å². The summed E-state index contributed by atoms with van der Waals surface area (Å²) in [5.41, 5.74) is -2.91. The van der Waals surface area contributed by atoms with Crippen LogP contribution in [0.5, 0.6) is 0 Å². The number of piperazine rings is 1. The zero-order valence-electron chi connectivity index (χ0n) is 19.6. The number of rotatable bonds is 7. The number of anilines is 1. The summed E-state index contributed by atoms with van der Waals surface area (Å²) in [6.07, 6.45) is -4.87. The van der Waals surface area contributed by atoms with E-state index in [1.54, 1.807) is 16.3 Å². The Morgan fingerprint density at radius 1 is 1.08 bits per heavy atom. The van der Waals surface area contributed by atoms with Crippen molar-refractivity contribution in [2.45, 2.75) is 33.8 Å². The maximum Gasteiger partial charge on any atom is 0.421 e. The second-order valence-electron chi connectivity index (χ2n) is 8.73. The van der Waals surface area contributed by atoms with Gasteiger partial charge in [-0.15, -0.1) is 11.3 Å². The number of nitrogens with zero attached hydrogens (tertiary/aromatic N) is 2. The minimum atomic E-state index is -4.87. The molecule has 200 valence electrons. The first kappa shape index (κ1) is 27.7. The third kappa shape index (κ3) is 5.75. The molecule has 1 saturated heterocycles. The van der Waals surface area contributed by atoms with E-state index in [4.69, 9.17) is 0 Å². The molecule has 2 heterocycles. The lowest BCUT2D eigenvalue weighted by atomic mass is 9.95. The van der Waals surface area contributed by atoms with Gasteiger partial charge in [0.2, 0.25) is 0 Å². The summed E-state index contributed by atoms with van der Waals surface area (Å²) >= 11 is 1.08. The Bertz CT molecular complexity index is 1360. The van der Waals surface area contributed by atoms with Crippen molar-refractivity contribution in [1.82, 2.24) is 4.31 Å². The Kier molecular flexibility index (Phi) is 7.82. The van der Waals surface area contributed by atoms with Gasteiger partial charge in [0, 0.05) is 36.0 Å². The Balaban J connectivity index is 1.64. The van der Waals surface area contributed by atoms with Gasteiger partial charge in [-0.2, -0.15) is 17.5 Å². The average Bonchev–Trinajstić information content (AvgIpc) is 3.39. The van der Waals surface area contributed by atoms with Gasteiger partial charge in [0.25, 0.3) is 10.0 Å². The number of halogens is 4. The molecular formula is C24H24F4N2O4S3. The molecule has 1 fully saturated rings. The van der Waals surface area contributed by atoms with Gasteiger partial charge in [-0.25, -0.2) is 12.8 Å². The Morgan fingerprint density at radius 2 is 1.78 bits per heavy atom. The van der Waals surface area contributed by atoms with Crippen LogP contribution in [0.4, 0.5) is 23.2 Å². The summed E-state index contributed by atoms with van der Waals surface area (Å²) in [7, 11) is -5.48. The number of aliphatic hydroxyl groups is 1. The van der Waals surface area contributed by atoms with Gasteiger partial charge in [0.15, 0.2) is 5.60 Å². The molecule has 3 atom stereocenters. The van der Waals surface area contributed by atoms with E-state index < -0.39 is 44.5 Å². The van der Waals surface area contributed by atoms with E-state index in [-0.39, 0.29) is 40.1 Å². The van der Waals surface area contributed by atoms with E-state index in [0.29, 0.717) is 12.6 Å². The third-order valence-corrected chi connectivity index (χ3v) is 11.0. The number of hydrogen-bond acceptors (Lipinski definition) is 6. The molecule has 0 unspecified atom stereocenters. The summed E-state index contributed by atoms with van der Waals surface area (Å²) in [5, 5.41) is 11.6. The number of thiophene rings is 1. The highest BCUT2D eigenvalue weighted by Gasteiger charge is 2.51. The zero-order valence-corrected chi connectivity index (χ0v) is 22.0. The summed E-state index contributed by atoms with van der Waals surface area (Å²) in [4.78, 5) is 2.03. The normalized spacial score (nSPS) is 19.9. The summed E-state index contributed by atoms with van der Waals surface area (Å²) < 4.78 is 94.4. The van der Waals surface area contributed by atoms with Crippen molar-refractivity contribution in [2.75, 3.05) is 30.3 Å². The van der Waals surface area contributed by atoms with E-state index in [1.165, 1.54) is 40.7 Å². The first-order valence-electron chi connectivity index (χ1n) is 11.1. The molecule has 1 aromatic heterocycles. The fourth-order valence-corrected chi connectivity index (χ4v) is 8.00. The number of sulfonamides is 1. The highest BCUT2D eigenvalue weighted by atomic mass is 32.2. The quantitative estimate of drug-likeness (QED) is 0.424. The molecule has 4 rings (SSSR count). The van der Waals surface area contributed by atoms with Crippen LogP contribution < -0.4 is 4.90 Å². The van der Waals surface area contributed by atoms with Crippen molar-refractivity contribution >= 4 is 37.8 Å². The molecule has 2 aromatic carbocycles. The first-order chi connectivity index (χ1) is 17.3. The predicted octanol–water partition coefficient (Wildman–Crippen LogP) is 4.34. The monoisotopic (exact) mass is 576 g/mol.